The molecule has 0 amide bonds. The minimum atomic E-state index is -0.162. The first-order valence-electron chi connectivity index (χ1n) is 13.3. The van der Waals surface area contributed by atoms with Gasteiger partial charge in [-0.25, -0.2) is 14.7 Å². The summed E-state index contributed by atoms with van der Waals surface area (Å²) in [5.41, 5.74) is 9.39. The van der Waals surface area contributed by atoms with Gasteiger partial charge < -0.3 is 10.2 Å². The normalized spacial score (nSPS) is 15.5. The number of hydrogen-bond acceptors (Lipinski definition) is 5. The maximum Gasteiger partial charge on any atom is 0.179 e. The predicted molar refractivity (Wildman–Crippen MR) is 167 cm³/mol. The highest BCUT2D eigenvalue weighted by Gasteiger charge is 2.41. The van der Waals surface area contributed by atoms with Gasteiger partial charge in [0.15, 0.2) is 17.5 Å². The number of aromatic nitrogens is 2. The van der Waals surface area contributed by atoms with E-state index >= 15 is 0 Å². The van der Waals surface area contributed by atoms with E-state index < -0.39 is 0 Å². The predicted octanol–water partition coefficient (Wildman–Crippen LogP) is 8.36. The molecule has 4 aromatic carbocycles. The molecule has 0 spiro atoms. The number of nitrogens with one attached hydrogen (secondary N) is 1. The van der Waals surface area contributed by atoms with Crippen LogP contribution >= 0.6 is 15.9 Å². The Morgan fingerprint density at radius 3 is 2.30 bits per heavy atom. The van der Waals surface area contributed by atoms with Gasteiger partial charge in [-0.2, -0.15) is 5.10 Å². The van der Waals surface area contributed by atoms with Crippen LogP contribution in [0.2, 0.25) is 0 Å². The van der Waals surface area contributed by atoms with Crippen molar-refractivity contribution in [3.8, 4) is 5.69 Å². The summed E-state index contributed by atoms with van der Waals surface area (Å²) >= 11 is 3.71. The standard InChI is InChI=1S/C33H27BrN6/c1-20-16-21(2)18-25(17-20)35-31-33-37-32-29(22(3)38-40(32)26-12-5-4-6-13-26)30(23-10-9-11-24(34)19-23)39(33)28-15-8-7-14-27(28)36-31/h4-19,30H,1-3H3,(H,35,36)/t30-/m0/s1. The maximum absolute atomic E-state index is 5.32. The molecule has 0 radical (unpaired) electrons. The number of aliphatic imine (C=N–C) groups is 2. The highest BCUT2D eigenvalue weighted by Crippen LogP contribution is 2.48. The van der Waals surface area contributed by atoms with Crippen LogP contribution in [-0.2, 0) is 0 Å². The molecule has 1 atom stereocenters. The van der Waals surface area contributed by atoms with E-state index in [0.717, 1.165) is 55.7 Å². The van der Waals surface area contributed by atoms with E-state index in [4.69, 9.17) is 15.1 Å². The topological polar surface area (TPSA) is 57.8 Å². The molecular weight excluding hydrogens is 560 g/mol. The number of halogens is 1. The average Bonchev–Trinajstić information content (AvgIpc) is 3.28. The number of anilines is 2. The fourth-order valence-electron chi connectivity index (χ4n) is 5.72. The monoisotopic (exact) mass is 586 g/mol. The molecule has 1 N–H and O–H groups in total. The first-order chi connectivity index (χ1) is 19.5. The third-order valence-corrected chi connectivity index (χ3v) is 7.78. The van der Waals surface area contributed by atoms with E-state index in [1.807, 2.05) is 28.9 Å². The number of para-hydroxylation sites is 3. The third-order valence-electron chi connectivity index (χ3n) is 7.29. The second-order valence-electron chi connectivity index (χ2n) is 10.3. The second kappa shape index (κ2) is 9.61. The molecule has 6 nitrogen and oxygen atoms in total. The van der Waals surface area contributed by atoms with Gasteiger partial charge in [0.1, 0.15) is 0 Å². The van der Waals surface area contributed by atoms with Crippen molar-refractivity contribution >= 4 is 50.5 Å². The van der Waals surface area contributed by atoms with Crippen molar-refractivity contribution in [2.45, 2.75) is 26.8 Å². The van der Waals surface area contributed by atoms with Crippen molar-refractivity contribution in [2.24, 2.45) is 9.98 Å². The number of nitrogens with zero attached hydrogens (tertiary/aromatic N) is 5. The molecule has 0 unspecified atom stereocenters. The summed E-state index contributed by atoms with van der Waals surface area (Å²) in [5.74, 6) is 2.27. The van der Waals surface area contributed by atoms with Crippen molar-refractivity contribution in [1.82, 2.24) is 9.78 Å². The van der Waals surface area contributed by atoms with Gasteiger partial charge in [0.25, 0.3) is 0 Å². The van der Waals surface area contributed by atoms with Gasteiger partial charge in [-0.05, 0) is 86.0 Å². The van der Waals surface area contributed by atoms with Gasteiger partial charge in [-0.3, -0.25) is 0 Å². The molecule has 196 valence electrons. The lowest BCUT2D eigenvalue weighted by Gasteiger charge is -2.40. The second-order valence-corrected chi connectivity index (χ2v) is 11.2. The molecular formula is C33H27BrN6. The van der Waals surface area contributed by atoms with Crippen molar-refractivity contribution in [3.63, 3.8) is 0 Å². The number of hydrogen-bond donors (Lipinski definition) is 1. The zero-order valence-corrected chi connectivity index (χ0v) is 24.0. The average molecular weight is 588 g/mol. The SMILES string of the molecule is Cc1cc(C)cc(NC2=Nc3ccccc3N3C2=Nc2c(c(C)nn2-c2ccccc2)[C@@H]3c2cccc(Br)c2)c1. The van der Waals surface area contributed by atoms with Crippen LogP contribution in [-0.4, -0.2) is 21.5 Å². The smallest absolute Gasteiger partial charge is 0.179 e. The fraction of sp³-hybridized carbons (Fsp3) is 0.121. The Morgan fingerprint density at radius 2 is 1.52 bits per heavy atom. The van der Waals surface area contributed by atoms with Gasteiger partial charge in [0.05, 0.1) is 28.8 Å². The van der Waals surface area contributed by atoms with Crippen molar-refractivity contribution in [1.29, 1.82) is 0 Å². The molecule has 0 fully saturated rings. The van der Waals surface area contributed by atoms with Crippen LogP contribution in [0.1, 0.15) is 34.0 Å². The van der Waals surface area contributed by atoms with E-state index in [1.54, 1.807) is 0 Å². The van der Waals surface area contributed by atoms with Gasteiger partial charge >= 0.3 is 0 Å². The molecule has 1 aromatic heterocycles. The Bertz CT molecular complexity index is 1820. The Labute approximate surface area is 241 Å². The van der Waals surface area contributed by atoms with Crippen LogP contribution in [0, 0.1) is 20.8 Å². The Hall–Kier alpha value is -4.49. The molecule has 2 aliphatic rings. The zero-order valence-electron chi connectivity index (χ0n) is 22.4. The van der Waals surface area contributed by atoms with Crippen LogP contribution in [0.5, 0.6) is 0 Å². The summed E-state index contributed by atoms with van der Waals surface area (Å²) in [6.07, 6.45) is 0. The summed E-state index contributed by atoms with van der Waals surface area (Å²) in [6, 6.07) is 33.2. The molecule has 0 saturated carbocycles. The lowest BCUT2D eigenvalue weighted by Crippen LogP contribution is -2.46. The zero-order chi connectivity index (χ0) is 27.4. The van der Waals surface area contributed by atoms with Crippen LogP contribution in [0.25, 0.3) is 5.69 Å². The summed E-state index contributed by atoms with van der Waals surface area (Å²) in [4.78, 5) is 12.7. The Balaban J connectivity index is 1.50. The summed E-state index contributed by atoms with van der Waals surface area (Å²) < 4.78 is 2.98. The number of aryl methyl sites for hydroxylation is 3. The lowest BCUT2D eigenvalue weighted by atomic mass is 9.93. The number of amidine groups is 2. The van der Waals surface area contributed by atoms with Crippen LogP contribution < -0.4 is 10.2 Å². The van der Waals surface area contributed by atoms with E-state index in [9.17, 15) is 0 Å². The van der Waals surface area contributed by atoms with E-state index in [-0.39, 0.29) is 6.04 Å². The molecule has 7 rings (SSSR count). The van der Waals surface area contributed by atoms with Gasteiger partial charge in [-0.1, -0.05) is 64.5 Å². The molecule has 0 saturated heterocycles. The quantitative estimate of drug-likeness (QED) is 0.231. The fourth-order valence-corrected chi connectivity index (χ4v) is 6.14. The largest absolute Gasteiger partial charge is 0.337 e. The molecule has 0 aliphatic carbocycles. The first-order valence-corrected chi connectivity index (χ1v) is 14.1. The van der Waals surface area contributed by atoms with Crippen LogP contribution in [0.15, 0.2) is 112 Å². The summed E-state index contributed by atoms with van der Waals surface area (Å²) in [7, 11) is 0. The van der Waals surface area contributed by atoms with Crippen LogP contribution in [0.4, 0.5) is 22.9 Å². The lowest BCUT2D eigenvalue weighted by molar-refractivity contribution is 0.815. The molecule has 2 aliphatic heterocycles. The number of benzene rings is 4. The minimum absolute atomic E-state index is 0.162. The van der Waals surface area contributed by atoms with E-state index in [0.29, 0.717) is 5.84 Å². The highest BCUT2D eigenvalue weighted by molar-refractivity contribution is 9.10. The van der Waals surface area contributed by atoms with E-state index in [1.165, 1.54) is 11.1 Å². The van der Waals surface area contributed by atoms with Gasteiger partial charge in [0.2, 0.25) is 0 Å². The molecule has 0 bridgehead atoms. The highest BCUT2D eigenvalue weighted by atomic mass is 79.9. The van der Waals surface area contributed by atoms with E-state index in [2.05, 4.69) is 120 Å². The molecule has 40 heavy (non-hydrogen) atoms. The first kappa shape index (κ1) is 24.5. The molecule has 7 heteroatoms. The summed E-state index contributed by atoms with van der Waals surface area (Å²) in [5, 5.41) is 8.64. The van der Waals surface area contributed by atoms with Crippen LogP contribution in [0.3, 0.4) is 0 Å². The number of fused-ring (bicyclic) bond motifs is 4. The Morgan fingerprint density at radius 1 is 0.775 bits per heavy atom. The maximum atomic E-state index is 5.32. The van der Waals surface area contributed by atoms with Gasteiger partial charge in [0, 0.05) is 15.7 Å². The Kier molecular flexibility index (Phi) is 5.90. The number of rotatable bonds is 3. The molecule has 5 aromatic rings. The third kappa shape index (κ3) is 4.14. The van der Waals surface area contributed by atoms with Crippen molar-refractivity contribution < 1.29 is 0 Å². The molecule has 3 heterocycles. The van der Waals surface area contributed by atoms with Crippen molar-refractivity contribution in [3.05, 3.63) is 129 Å². The summed E-state index contributed by atoms with van der Waals surface area (Å²) in [6.45, 7) is 6.29. The van der Waals surface area contributed by atoms with Gasteiger partial charge in [-0.15, -0.1) is 0 Å². The van der Waals surface area contributed by atoms with Crippen molar-refractivity contribution in [2.75, 3.05) is 10.2 Å². The minimum Gasteiger partial charge on any atom is -0.337 e.